The summed E-state index contributed by atoms with van der Waals surface area (Å²) in [5.41, 5.74) is 9.09. The van der Waals surface area contributed by atoms with Gasteiger partial charge in [-0.2, -0.15) is 10.2 Å². The lowest BCUT2D eigenvalue weighted by Crippen LogP contribution is -2.41. The molecule has 3 aliphatic heterocycles. The Morgan fingerprint density at radius 2 is 1.18 bits per heavy atom. The number of halogens is 1. The van der Waals surface area contributed by atoms with E-state index in [9.17, 15) is 0 Å². The Balaban J connectivity index is 0.000000124. The fourth-order valence-electron chi connectivity index (χ4n) is 7.56. The molecule has 0 radical (unpaired) electrons. The maximum atomic E-state index is 5.93. The third-order valence-corrected chi connectivity index (χ3v) is 14.9. The highest BCUT2D eigenvalue weighted by molar-refractivity contribution is 9.11. The minimum atomic E-state index is -0.307. The van der Waals surface area contributed by atoms with Crippen molar-refractivity contribution in [3.63, 3.8) is 0 Å². The van der Waals surface area contributed by atoms with Crippen molar-refractivity contribution in [1.29, 1.82) is 0 Å². The monoisotopic (exact) mass is 932 g/mol. The van der Waals surface area contributed by atoms with Gasteiger partial charge in [0, 0.05) is 45.6 Å². The number of aromatic amines is 2. The van der Waals surface area contributed by atoms with Crippen LogP contribution in [0, 0.1) is 13.8 Å². The van der Waals surface area contributed by atoms with E-state index >= 15 is 0 Å². The number of hydrogen-bond donors (Lipinski definition) is 2. The molecule has 1 fully saturated rings. The number of benzene rings is 2. The lowest BCUT2D eigenvalue weighted by Gasteiger charge is -2.32. The van der Waals surface area contributed by atoms with Crippen molar-refractivity contribution in [2.24, 2.45) is 0 Å². The zero-order chi connectivity index (χ0) is 43.0. The van der Waals surface area contributed by atoms with Crippen molar-refractivity contribution >= 4 is 51.2 Å². The largest absolute Gasteiger partial charge is 0.498 e. The molecule has 0 bridgehead atoms. The molecule has 1 saturated heterocycles. The predicted molar refractivity (Wildman–Crippen MR) is 243 cm³/mol. The summed E-state index contributed by atoms with van der Waals surface area (Å²) in [6.07, 6.45) is 9.09. The van der Waals surface area contributed by atoms with Gasteiger partial charge in [0.1, 0.15) is 34.9 Å². The second-order valence-electron chi connectivity index (χ2n) is 16.2. The van der Waals surface area contributed by atoms with Crippen molar-refractivity contribution < 1.29 is 18.8 Å². The molecule has 2 N–H and O–H groups in total. The van der Waals surface area contributed by atoms with Crippen LogP contribution >= 0.6 is 38.6 Å². The quantitative estimate of drug-likeness (QED) is 0.155. The fraction of sp³-hybridized carbons (Fsp3) is 0.318. The molecular weight excluding hydrogens is 887 g/mol. The number of rotatable bonds is 6. The highest BCUT2D eigenvalue weighted by Gasteiger charge is 2.52. The molecule has 2 aromatic carbocycles. The van der Waals surface area contributed by atoms with E-state index < -0.39 is 0 Å². The van der Waals surface area contributed by atoms with E-state index in [0.717, 1.165) is 56.0 Å². The summed E-state index contributed by atoms with van der Waals surface area (Å²) in [6, 6.07) is 21.0. The number of ether oxygens (including phenoxy) is 2. The van der Waals surface area contributed by atoms with E-state index in [2.05, 4.69) is 114 Å². The fourth-order valence-corrected chi connectivity index (χ4v) is 10.9. The van der Waals surface area contributed by atoms with E-state index in [1.54, 1.807) is 35.1 Å². The van der Waals surface area contributed by atoms with E-state index in [1.165, 1.54) is 43.3 Å². The molecule has 6 aromatic heterocycles. The van der Waals surface area contributed by atoms with Crippen molar-refractivity contribution in [2.45, 2.75) is 92.0 Å². The normalized spacial score (nSPS) is 15.8. The molecule has 0 atom stereocenters. The zero-order valence-corrected chi connectivity index (χ0v) is 38.5. The Labute approximate surface area is 376 Å². The SMILES string of the molecule is CC1(C)OB(c2cn[nH]c2)OC1(C)C.Cc1nnc2n1-c1sc(-c3cn[nH]c3)c(Cc3ccccc3)c1COC2.Cc1nnc2n1-c1sc(Br)c(Cc3ccccc3)c1COC2. The first-order valence-corrected chi connectivity index (χ1v) is 22.7. The minimum absolute atomic E-state index is 0.283. The third kappa shape index (κ3) is 8.40. The molecule has 18 heteroatoms. The van der Waals surface area contributed by atoms with Crippen molar-refractivity contribution in [3.05, 3.63) is 146 Å². The van der Waals surface area contributed by atoms with Gasteiger partial charge in [-0.05, 0) is 92.6 Å². The summed E-state index contributed by atoms with van der Waals surface area (Å²) < 4.78 is 28.8. The lowest BCUT2D eigenvalue weighted by atomic mass is 9.82. The maximum absolute atomic E-state index is 5.93. The Morgan fingerprint density at radius 3 is 1.71 bits per heavy atom. The lowest BCUT2D eigenvalue weighted by molar-refractivity contribution is 0.00578. The van der Waals surface area contributed by atoms with E-state index in [1.807, 2.05) is 66.1 Å². The van der Waals surface area contributed by atoms with Gasteiger partial charge >= 0.3 is 7.12 Å². The molecule has 0 saturated carbocycles. The summed E-state index contributed by atoms with van der Waals surface area (Å²) in [5, 5.41) is 33.0. The van der Waals surface area contributed by atoms with Gasteiger partial charge in [-0.1, -0.05) is 60.7 Å². The van der Waals surface area contributed by atoms with Gasteiger partial charge in [0.05, 0.1) is 34.4 Å². The van der Waals surface area contributed by atoms with Crippen LogP contribution in [0.1, 0.15) is 84.4 Å². The van der Waals surface area contributed by atoms with Crippen LogP contribution in [0.25, 0.3) is 20.4 Å². The molecule has 0 spiro atoms. The van der Waals surface area contributed by atoms with Gasteiger partial charge in [-0.3, -0.25) is 19.3 Å². The zero-order valence-electron chi connectivity index (χ0n) is 35.3. The average Bonchev–Trinajstić information content (AvgIpc) is 4.14. The summed E-state index contributed by atoms with van der Waals surface area (Å²) >= 11 is 7.22. The summed E-state index contributed by atoms with van der Waals surface area (Å²) in [7, 11) is -0.307. The molecule has 0 aliphatic carbocycles. The van der Waals surface area contributed by atoms with Crippen LogP contribution in [-0.4, -0.2) is 68.2 Å². The van der Waals surface area contributed by atoms with Gasteiger partial charge in [0.15, 0.2) is 11.6 Å². The van der Waals surface area contributed by atoms with E-state index in [-0.39, 0.29) is 18.3 Å². The Kier molecular flexibility index (Phi) is 12.0. The second-order valence-corrected chi connectivity index (χ2v) is 19.6. The first kappa shape index (κ1) is 42.2. The molecule has 14 nitrogen and oxygen atoms in total. The van der Waals surface area contributed by atoms with Gasteiger partial charge in [-0.25, -0.2) is 0 Å². The van der Waals surface area contributed by atoms with Crippen LogP contribution in [-0.2, 0) is 58.1 Å². The molecule has 11 rings (SSSR count). The van der Waals surface area contributed by atoms with Gasteiger partial charge in [-0.15, -0.1) is 43.1 Å². The molecule has 0 unspecified atom stereocenters. The number of fused-ring (bicyclic) bond motifs is 6. The van der Waals surface area contributed by atoms with Crippen LogP contribution in [0.5, 0.6) is 0 Å². The second kappa shape index (κ2) is 17.6. The van der Waals surface area contributed by atoms with Gasteiger partial charge < -0.3 is 18.8 Å². The van der Waals surface area contributed by atoms with Crippen LogP contribution in [0.4, 0.5) is 0 Å². The van der Waals surface area contributed by atoms with Crippen LogP contribution in [0.15, 0.2) is 89.2 Å². The van der Waals surface area contributed by atoms with Crippen molar-refractivity contribution in [2.75, 3.05) is 0 Å². The smallest absolute Gasteiger partial charge is 0.399 e. The third-order valence-electron chi connectivity index (χ3n) is 11.5. The maximum Gasteiger partial charge on any atom is 0.498 e. The number of nitrogens with zero attached hydrogens (tertiary/aromatic N) is 8. The Hall–Kier alpha value is -5.08. The predicted octanol–water partition coefficient (Wildman–Crippen LogP) is 8.38. The average molecular weight is 934 g/mol. The van der Waals surface area contributed by atoms with Crippen LogP contribution in [0.3, 0.4) is 0 Å². The highest BCUT2D eigenvalue weighted by atomic mass is 79.9. The molecule has 62 heavy (non-hydrogen) atoms. The summed E-state index contributed by atoms with van der Waals surface area (Å²) in [5.74, 6) is 3.52. The van der Waals surface area contributed by atoms with Crippen molar-refractivity contribution in [1.82, 2.24) is 49.9 Å². The highest BCUT2D eigenvalue weighted by Crippen LogP contribution is 2.43. The molecular formula is C44H46BBrN10O4S2. The number of H-pyrrole nitrogens is 2. The summed E-state index contributed by atoms with van der Waals surface area (Å²) in [4.78, 5) is 1.22. The van der Waals surface area contributed by atoms with Crippen LogP contribution < -0.4 is 5.46 Å². The standard InChI is InChI=1S/C19H17N5OS.C16H14BrN3OS.C9H15BN2O2/c1-12-22-23-17-11-25-10-16-15(7-13-5-3-2-4-6-13)18(14-8-20-21-9-14)26-19(16)24(12)17;1-10-18-19-14-9-21-8-13-12(7-11-5-3-2-4-6-11)15(17)22-16(13)20(10)14;1-8(2)9(3,4)14-10(13-8)7-5-11-12-6-7/h2-6,8-9H,7,10-11H2,1H3,(H,20,21);2-6H,7-9H2,1H3;5-6H,1-4H3,(H,11,12). The van der Waals surface area contributed by atoms with Gasteiger partial charge in [0.2, 0.25) is 0 Å². The molecule has 318 valence electrons. The Bertz CT molecular complexity index is 2750. The molecule has 8 aromatic rings. The van der Waals surface area contributed by atoms with Crippen LogP contribution in [0.2, 0.25) is 0 Å². The Morgan fingerprint density at radius 1 is 0.661 bits per heavy atom. The first-order chi connectivity index (χ1) is 30.0. The van der Waals surface area contributed by atoms with Crippen molar-refractivity contribution in [3.8, 4) is 20.4 Å². The summed E-state index contributed by atoms with van der Waals surface area (Å²) in [6.45, 7) is 14.3. The van der Waals surface area contributed by atoms with E-state index in [4.69, 9.17) is 18.8 Å². The molecule has 0 amide bonds. The number of aryl methyl sites for hydroxylation is 2. The van der Waals surface area contributed by atoms with Gasteiger partial charge in [0.25, 0.3) is 0 Å². The number of nitrogens with one attached hydrogen (secondary N) is 2. The first-order valence-electron chi connectivity index (χ1n) is 20.3. The van der Waals surface area contributed by atoms with E-state index in [0.29, 0.717) is 26.4 Å². The number of thiophene rings is 2. The number of aromatic nitrogens is 10. The molecule has 3 aliphatic rings. The minimum Gasteiger partial charge on any atom is -0.399 e. The topological polar surface area (TPSA) is 156 Å². The number of hydrogen-bond acceptors (Lipinski definition) is 12. The molecule has 9 heterocycles.